The highest BCUT2D eigenvalue weighted by molar-refractivity contribution is 7.87. The number of ketones is 1. The van der Waals surface area contributed by atoms with E-state index in [1.165, 1.54) is 18.2 Å². The van der Waals surface area contributed by atoms with Gasteiger partial charge in [0.2, 0.25) is 0 Å². The minimum absolute atomic E-state index is 0.0805. The summed E-state index contributed by atoms with van der Waals surface area (Å²) >= 11 is 5.82. The Kier molecular flexibility index (Phi) is 5.97. The van der Waals surface area contributed by atoms with Crippen molar-refractivity contribution < 1.29 is 17.4 Å². The Labute approximate surface area is 169 Å². The molecule has 0 bridgehead atoms. The number of carbonyl (C=O) groups excluding carboxylic acids is 1. The summed E-state index contributed by atoms with van der Waals surface area (Å²) in [6, 6.07) is 19.5. The fraction of sp³-hybridized carbons (Fsp3) is 0.0455. The number of hydrogen-bond donors (Lipinski definition) is 0. The zero-order valence-electron chi connectivity index (χ0n) is 15.0. The average Bonchev–Trinajstić information content (AvgIpc) is 2.67. The van der Waals surface area contributed by atoms with Crippen molar-refractivity contribution in [2.24, 2.45) is 0 Å². The van der Waals surface area contributed by atoms with Crippen LogP contribution in [0.1, 0.15) is 21.5 Å². The molecule has 28 heavy (non-hydrogen) atoms. The minimum atomic E-state index is -3.93. The van der Waals surface area contributed by atoms with Gasteiger partial charge in [-0.3, -0.25) is 4.79 Å². The van der Waals surface area contributed by atoms with Crippen molar-refractivity contribution >= 4 is 33.6 Å². The molecule has 0 saturated carbocycles. The number of rotatable bonds is 6. The van der Waals surface area contributed by atoms with E-state index >= 15 is 0 Å². The molecule has 0 aliphatic carbocycles. The van der Waals surface area contributed by atoms with Gasteiger partial charge in [-0.15, -0.1) is 0 Å². The molecule has 0 radical (unpaired) electrons. The first-order chi connectivity index (χ1) is 13.3. The quantitative estimate of drug-likeness (QED) is 0.312. The smallest absolute Gasteiger partial charge is 0.339 e. The first-order valence-corrected chi connectivity index (χ1v) is 10.2. The third kappa shape index (κ3) is 5.09. The Bertz CT molecular complexity index is 1120. The fourth-order valence-corrected chi connectivity index (χ4v) is 3.48. The predicted octanol–water partition coefficient (Wildman–Crippen LogP) is 5.31. The second-order valence-corrected chi connectivity index (χ2v) is 8.11. The monoisotopic (exact) mass is 412 g/mol. The summed E-state index contributed by atoms with van der Waals surface area (Å²) in [5.74, 6) is -0.0167. The van der Waals surface area contributed by atoms with E-state index in [0.29, 0.717) is 16.1 Å². The molecule has 6 heteroatoms. The van der Waals surface area contributed by atoms with Gasteiger partial charge in [-0.2, -0.15) is 8.42 Å². The van der Waals surface area contributed by atoms with Crippen molar-refractivity contribution in [1.82, 2.24) is 0 Å². The average molecular weight is 413 g/mol. The van der Waals surface area contributed by atoms with Crippen molar-refractivity contribution in [3.63, 3.8) is 0 Å². The summed E-state index contributed by atoms with van der Waals surface area (Å²) in [5.41, 5.74) is 2.10. The molecule has 0 heterocycles. The third-order valence-electron chi connectivity index (χ3n) is 3.93. The third-order valence-corrected chi connectivity index (χ3v) is 5.44. The van der Waals surface area contributed by atoms with Crippen LogP contribution < -0.4 is 4.18 Å². The Morgan fingerprint density at radius 1 is 0.964 bits per heavy atom. The van der Waals surface area contributed by atoms with E-state index in [4.69, 9.17) is 15.8 Å². The number of benzene rings is 3. The summed E-state index contributed by atoms with van der Waals surface area (Å²) < 4.78 is 30.0. The molecule has 4 nitrogen and oxygen atoms in total. The van der Waals surface area contributed by atoms with Crippen LogP contribution in [0.25, 0.3) is 6.08 Å². The van der Waals surface area contributed by atoms with Crippen LogP contribution in [0, 0.1) is 6.92 Å². The van der Waals surface area contributed by atoms with Crippen molar-refractivity contribution in [2.75, 3.05) is 0 Å². The van der Waals surface area contributed by atoms with Gasteiger partial charge in [0.25, 0.3) is 0 Å². The maximum absolute atomic E-state index is 12.4. The number of halogens is 1. The summed E-state index contributed by atoms with van der Waals surface area (Å²) in [6.45, 7) is 1.87. The van der Waals surface area contributed by atoms with Crippen LogP contribution in [0.15, 0.2) is 83.8 Å². The molecule has 3 aromatic carbocycles. The second-order valence-electron chi connectivity index (χ2n) is 6.13. The highest BCUT2D eigenvalue weighted by atomic mass is 35.5. The molecule has 142 valence electrons. The van der Waals surface area contributed by atoms with E-state index in [-0.39, 0.29) is 16.4 Å². The van der Waals surface area contributed by atoms with E-state index in [9.17, 15) is 13.2 Å². The zero-order valence-corrected chi connectivity index (χ0v) is 16.6. The van der Waals surface area contributed by atoms with Crippen molar-refractivity contribution in [3.8, 4) is 5.75 Å². The SMILES string of the molecule is Cc1ccc(S(=O)(=O)Oc2cccc(/C=C/C(=O)c3ccc(Cl)cc3)c2)cc1. The standard InChI is InChI=1S/C22H17ClO4S/c1-16-5-12-21(13-6-16)28(25,26)27-20-4-2-3-17(15-20)7-14-22(24)18-8-10-19(23)11-9-18/h2-15H,1H3/b14-7+. The molecule has 0 aliphatic rings. The highest BCUT2D eigenvalue weighted by Crippen LogP contribution is 2.21. The van der Waals surface area contributed by atoms with Crippen LogP contribution in [-0.2, 0) is 10.1 Å². The maximum atomic E-state index is 12.4. The van der Waals surface area contributed by atoms with E-state index in [1.807, 2.05) is 6.92 Å². The van der Waals surface area contributed by atoms with Gasteiger partial charge in [-0.05, 0) is 67.1 Å². The summed E-state index contributed by atoms with van der Waals surface area (Å²) in [5, 5.41) is 0.556. The largest absolute Gasteiger partial charge is 0.379 e. The number of allylic oxidation sites excluding steroid dienone is 1. The van der Waals surface area contributed by atoms with Crippen LogP contribution in [0.3, 0.4) is 0 Å². The first kappa shape index (κ1) is 19.9. The predicted molar refractivity (Wildman–Crippen MR) is 110 cm³/mol. The van der Waals surface area contributed by atoms with E-state index in [0.717, 1.165) is 5.56 Å². The van der Waals surface area contributed by atoms with Gasteiger partial charge in [0.05, 0.1) is 0 Å². The molecule has 0 atom stereocenters. The summed E-state index contributed by atoms with van der Waals surface area (Å²) in [7, 11) is -3.93. The lowest BCUT2D eigenvalue weighted by Crippen LogP contribution is -2.09. The topological polar surface area (TPSA) is 60.4 Å². The maximum Gasteiger partial charge on any atom is 0.339 e. The molecular weight excluding hydrogens is 396 g/mol. The van der Waals surface area contributed by atoms with Gasteiger partial charge in [-0.1, -0.05) is 47.5 Å². The summed E-state index contributed by atoms with van der Waals surface area (Å²) in [4.78, 5) is 12.3. The minimum Gasteiger partial charge on any atom is -0.379 e. The van der Waals surface area contributed by atoms with Crippen LogP contribution in [-0.4, -0.2) is 14.2 Å². The van der Waals surface area contributed by atoms with Gasteiger partial charge < -0.3 is 4.18 Å². The zero-order chi connectivity index (χ0) is 20.1. The van der Waals surface area contributed by atoms with Crippen LogP contribution in [0.5, 0.6) is 5.75 Å². The van der Waals surface area contributed by atoms with Crippen LogP contribution >= 0.6 is 11.6 Å². The van der Waals surface area contributed by atoms with Gasteiger partial charge in [0, 0.05) is 10.6 Å². The molecule has 0 N–H and O–H groups in total. The lowest BCUT2D eigenvalue weighted by atomic mass is 10.1. The normalized spacial score (nSPS) is 11.5. The molecule has 0 amide bonds. The Balaban J connectivity index is 1.75. The summed E-state index contributed by atoms with van der Waals surface area (Å²) in [6.07, 6.45) is 3.01. The molecule has 0 aliphatic heterocycles. The van der Waals surface area contributed by atoms with Crippen LogP contribution in [0.4, 0.5) is 0 Å². The van der Waals surface area contributed by atoms with Gasteiger partial charge >= 0.3 is 10.1 Å². The second kappa shape index (κ2) is 8.42. The Morgan fingerprint density at radius 3 is 2.32 bits per heavy atom. The van der Waals surface area contributed by atoms with Crippen molar-refractivity contribution in [2.45, 2.75) is 11.8 Å². The Morgan fingerprint density at radius 2 is 1.64 bits per heavy atom. The molecular formula is C22H17ClO4S. The molecule has 0 aromatic heterocycles. The molecule has 3 rings (SSSR count). The molecule has 0 spiro atoms. The molecule has 3 aromatic rings. The van der Waals surface area contributed by atoms with Crippen molar-refractivity contribution in [3.05, 3.63) is 101 Å². The first-order valence-electron chi connectivity index (χ1n) is 8.43. The fourth-order valence-electron chi connectivity index (χ4n) is 2.43. The number of aryl methyl sites for hydroxylation is 1. The lowest BCUT2D eigenvalue weighted by molar-refractivity contribution is 0.104. The van der Waals surface area contributed by atoms with E-state index in [1.54, 1.807) is 66.7 Å². The van der Waals surface area contributed by atoms with E-state index < -0.39 is 10.1 Å². The van der Waals surface area contributed by atoms with Crippen molar-refractivity contribution in [1.29, 1.82) is 0 Å². The number of hydrogen-bond acceptors (Lipinski definition) is 4. The highest BCUT2D eigenvalue weighted by Gasteiger charge is 2.16. The van der Waals surface area contributed by atoms with Crippen LogP contribution in [0.2, 0.25) is 5.02 Å². The van der Waals surface area contributed by atoms with Gasteiger partial charge in [0.15, 0.2) is 5.78 Å². The van der Waals surface area contributed by atoms with Gasteiger partial charge in [0.1, 0.15) is 10.6 Å². The van der Waals surface area contributed by atoms with Gasteiger partial charge in [-0.25, -0.2) is 0 Å². The molecule has 0 fully saturated rings. The number of carbonyl (C=O) groups is 1. The lowest BCUT2D eigenvalue weighted by Gasteiger charge is -2.08. The Hall–Kier alpha value is -2.89. The molecule has 0 unspecified atom stereocenters. The molecule has 0 saturated heterocycles. The van der Waals surface area contributed by atoms with E-state index in [2.05, 4.69) is 0 Å².